The van der Waals surface area contributed by atoms with Crippen LogP contribution in [0, 0.1) is 26.7 Å². The molecule has 1 aliphatic carbocycles. The van der Waals surface area contributed by atoms with Crippen molar-refractivity contribution in [3.05, 3.63) is 33.7 Å². The van der Waals surface area contributed by atoms with Gasteiger partial charge in [-0.2, -0.15) is 0 Å². The van der Waals surface area contributed by atoms with Gasteiger partial charge < -0.3 is 5.32 Å². The Hall–Kier alpha value is -1.49. The molecular weight excluding hydrogens is 256 g/mol. The van der Waals surface area contributed by atoms with E-state index in [4.69, 9.17) is 0 Å². The third kappa shape index (κ3) is 2.92. The van der Waals surface area contributed by atoms with Crippen LogP contribution in [0.3, 0.4) is 0 Å². The van der Waals surface area contributed by atoms with E-state index >= 15 is 0 Å². The molecular formula is C14H18N4S. The van der Waals surface area contributed by atoms with Crippen LogP contribution in [-0.2, 0) is 0 Å². The smallest absolute Gasteiger partial charge is 0.130 e. The molecule has 0 unspecified atom stereocenters. The summed E-state index contributed by atoms with van der Waals surface area (Å²) in [5, 5.41) is 6.84. The van der Waals surface area contributed by atoms with Crippen LogP contribution in [0.25, 0.3) is 0 Å². The molecule has 19 heavy (non-hydrogen) atoms. The van der Waals surface area contributed by atoms with E-state index in [1.165, 1.54) is 17.8 Å². The van der Waals surface area contributed by atoms with Gasteiger partial charge in [0.25, 0.3) is 0 Å². The van der Waals surface area contributed by atoms with Crippen LogP contribution in [0.1, 0.15) is 41.1 Å². The molecule has 1 N–H and O–H groups in total. The molecule has 1 saturated carbocycles. The van der Waals surface area contributed by atoms with Gasteiger partial charge in [0.05, 0.1) is 6.04 Å². The average molecular weight is 274 g/mol. The van der Waals surface area contributed by atoms with Crippen LogP contribution < -0.4 is 5.32 Å². The molecule has 5 heteroatoms. The van der Waals surface area contributed by atoms with E-state index < -0.39 is 0 Å². The van der Waals surface area contributed by atoms with Crippen LogP contribution >= 0.6 is 11.3 Å². The second kappa shape index (κ2) is 4.89. The Morgan fingerprint density at radius 2 is 1.95 bits per heavy atom. The molecule has 2 aromatic rings. The van der Waals surface area contributed by atoms with Gasteiger partial charge in [0.15, 0.2) is 0 Å². The highest BCUT2D eigenvalue weighted by molar-refractivity contribution is 7.09. The molecule has 0 radical (unpaired) electrons. The fraction of sp³-hybridized carbons (Fsp3) is 0.500. The highest BCUT2D eigenvalue weighted by Gasteiger charge is 2.34. The highest BCUT2D eigenvalue weighted by Crippen LogP contribution is 2.43. The molecule has 0 saturated heterocycles. The number of aromatic nitrogens is 3. The molecule has 1 atom stereocenters. The van der Waals surface area contributed by atoms with Crippen molar-refractivity contribution in [3.63, 3.8) is 0 Å². The Bertz CT molecular complexity index is 569. The molecule has 0 spiro atoms. The molecule has 2 heterocycles. The van der Waals surface area contributed by atoms with Gasteiger partial charge in [-0.1, -0.05) is 0 Å². The molecule has 0 aromatic carbocycles. The van der Waals surface area contributed by atoms with Crippen LogP contribution in [0.5, 0.6) is 0 Å². The average Bonchev–Trinajstić information content (AvgIpc) is 3.07. The number of hydrogen-bond donors (Lipinski definition) is 1. The molecule has 0 amide bonds. The van der Waals surface area contributed by atoms with Crippen molar-refractivity contribution in [2.24, 2.45) is 5.92 Å². The lowest BCUT2D eigenvalue weighted by molar-refractivity contribution is 0.667. The fourth-order valence-electron chi connectivity index (χ4n) is 2.28. The second-order valence-corrected chi connectivity index (χ2v) is 6.12. The topological polar surface area (TPSA) is 50.7 Å². The van der Waals surface area contributed by atoms with Crippen molar-refractivity contribution in [2.75, 3.05) is 5.32 Å². The summed E-state index contributed by atoms with van der Waals surface area (Å²) >= 11 is 1.74. The Morgan fingerprint density at radius 1 is 1.16 bits per heavy atom. The van der Waals surface area contributed by atoms with E-state index in [0.717, 1.165) is 23.0 Å². The Labute approximate surface area is 117 Å². The normalized spacial score (nSPS) is 16.4. The first-order chi connectivity index (χ1) is 9.11. The van der Waals surface area contributed by atoms with E-state index in [1.807, 2.05) is 26.8 Å². The molecule has 1 fully saturated rings. The lowest BCUT2D eigenvalue weighted by Crippen LogP contribution is -2.14. The van der Waals surface area contributed by atoms with Crippen LogP contribution in [0.15, 0.2) is 11.4 Å². The van der Waals surface area contributed by atoms with Gasteiger partial charge >= 0.3 is 0 Å². The summed E-state index contributed by atoms with van der Waals surface area (Å²) in [6.07, 6.45) is 2.55. The molecule has 3 rings (SSSR count). The quantitative estimate of drug-likeness (QED) is 0.928. The number of nitrogens with one attached hydrogen (secondary N) is 1. The second-order valence-electron chi connectivity index (χ2n) is 5.23. The predicted octanol–water partition coefficient (Wildman–Crippen LogP) is 3.42. The maximum Gasteiger partial charge on any atom is 0.130 e. The van der Waals surface area contributed by atoms with Crippen molar-refractivity contribution in [1.29, 1.82) is 0 Å². The summed E-state index contributed by atoms with van der Waals surface area (Å²) in [5.41, 5.74) is 2.10. The molecule has 0 bridgehead atoms. The first-order valence-corrected chi connectivity index (χ1v) is 7.50. The molecule has 1 aliphatic rings. The van der Waals surface area contributed by atoms with Crippen LogP contribution in [0.2, 0.25) is 0 Å². The van der Waals surface area contributed by atoms with Crippen molar-refractivity contribution >= 4 is 17.2 Å². The summed E-state index contributed by atoms with van der Waals surface area (Å²) < 4.78 is 0. The summed E-state index contributed by atoms with van der Waals surface area (Å²) in [4.78, 5) is 13.4. The lowest BCUT2D eigenvalue weighted by atomic mass is 10.2. The molecule has 4 nitrogen and oxygen atoms in total. The zero-order chi connectivity index (χ0) is 13.4. The maximum absolute atomic E-state index is 4.63. The SMILES string of the molecule is Cc1cc(N[C@H](c2nc(C)cs2)C2CC2)nc(C)n1. The minimum absolute atomic E-state index is 0.299. The minimum Gasteiger partial charge on any atom is -0.360 e. The predicted molar refractivity (Wildman–Crippen MR) is 77.4 cm³/mol. The summed E-state index contributed by atoms with van der Waals surface area (Å²) in [5.74, 6) is 2.42. The van der Waals surface area contributed by atoms with E-state index in [9.17, 15) is 0 Å². The number of nitrogens with zero attached hydrogens (tertiary/aromatic N) is 3. The number of aryl methyl sites for hydroxylation is 3. The largest absolute Gasteiger partial charge is 0.360 e. The van der Waals surface area contributed by atoms with Gasteiger partial charge in [-0.05, 0) is 39.5 Å². The van der Waals surface area contributed by atoms with Gasteiger partial charge in [-0.3, -0.25) is 0 Å². The lowest BCUT2D eigenvalue weighted by Gasteiger charge is -2.17. The van der Waals surface area contributed by atoms with Crippen molar-refractivity contribution in [3.8, 4) is 0 Å². The van der Waals surface area contributed by atoms with E-state index in [-0.39, 0.29) is 0 Å². The monoisotopic (exact) mass is 274 g/mol. The zero-order valence-electron chi connectivity index (χ0n) is 11.5. The maximum atomic E-state index is 4.63. The van der Waals surface area contributed by atoms with Crippen molar-refractivity contribution < 1.29 is 0 Å². The Balaban J connectivity index is 1.85. The number of rotatable bonds is 4. The van der Waals surface area contributed by atoms with Gasteiger partial charge in [0, 0.05) is 22.8 Å². The van der Waals surface area contributed by atoms with Crippen LogP contribution in [-0.4, -0.2) is 15.0 Å². The first kappa shape index (κ1) is 12.5. The van der Waals surface area contributed by atoms with Crippen molar-refractivity contribution in [1.82, 2.24) is 15.0 Å². The standard InChI is InChI=1S/C14H18N4S/c1-8-6-12(17-10(3)15-8)18-13(11-4-5-11)14-16-9(2)7-19-14/h6-7,11,13H,4-5H2,1-3H3,(H,15,17,18)/t13-/m0/s1. The van der Waals surface area contributed by atoms with Crippen LogP contribution in [0.4, 0.5) is 5.82 Å². The first-order valence-electron chi connectivity index (χ1n) is 6.62. The van der Waals surface area contributed by atoms with Gasteiger partial charge in [-0.25, -0.2) is 15.0 Å². The van der Waals surface area contributed by atoms with Gasteiger partial charge in [-0.15, -0.1) is 11.3 Å². The fourth-order valence-corrected chi connectivity index (χ4v) is 3.21. The van der Waals surface area contributed by atoms with Gasteiger partial charge in [0.1, 0.15) is 16.6 Å². The molecule has 2 aromatic heterocycles. The Kier molecular flexibility index (Phi) is 3.22. The van der Waals surface area contributed by atoms with Crippen molar-refractivity contribution in [2.45, 2.75) is 39.7 Å². The molecule has 100 valence electrons. The van der Waals surface area contributed by atoms with E-state index in [1.54, 1.807) is 11.3 Å². The van der Waals surface area contributed by atoms with E-state index in [0.29, 0.717) is 12.0 Å². The summed E-state index contributed by atoms with van der Waals surface area (Å²) in [6, 6.07) is 2.30. The summed E-state index contributed by atoms with van der Waals surface area (Å²) in [7, 11) is 0. The number of hydrogen-bond acceptors (Lipinski definition) is 5. The Morgan fingerprint density at radius 3 is 2.53 bits per heavy atom. The summed E-state index contributed by atoms with van der Waals surface area (Å²) in [6.45, 7) is 5.97. The number of thiazole rings is 1. The molecule has 0 aliphatic heterocycles. The van der Waals surface area contributed by atoms with E-state index in [2.05, 4.69) is 25.6 Å². The third-order valence-electron chi connectivity index (χ3n) is 3.27. The third-order valence-corrected chi connectivity index (χ3v) is 4.31. The zero-order valence-corrected chi connectivity index (χ0v) is 12.3. The van der Waals surface area contributed by atoms with Gasteiger partial charge in [0.2, 0.25) is 0 Å². The number of anilines is 1. The highest BCUT2D eigenvalue weighted by atomic mass is 32.1. The minimum atomic E-state index is 0.299.